The average molecular weight is 364 g/mol. The van der Waals surface area contributed by atoms with Crippen LogP contribution in [0.4, 0.5) is 4.39 Å². The van der Waals surface area contributed by atoms with Crippen molar-refractivity contribution in [3.05, 3.63) is 66.0 Å². The summed E-state index contributed by atoms with van der Waals surface area (Å²) in [6.45, 7) is 2.45. The maximum absolute atomic E-state index is 13.0. The lowest BCUT2D eigenvalue weighted by Crippen LogP contribution is -2.40. The lowest BCUT2D eigenvalue weighted by atomic mass is 10.2. The molecule has 0 saturated carbocycles. The van der Waals surface area contributed by atoms with Gasteiger partial charge >= 0.3 is 0 Å². The van der Waals surface area contributed by atoms with E-state index in [2.05, 4.69) is 0 Å². The van der Waals surface area contributed by atoms with Crippen molar-refractivity contribution in [2.75, 3.05) is 20.1 Å². The Morgan fingerprint density at radius 3 is 2.20 bits per heavy atom. The van der Waals surface area contributed by atoms with Crippen LogP contribution in [0, 0.1) is 5.82 Å². The smallest absolute Gasteiger partial charge is 0.243 e. The maximum Gasteiger partial charge on any atom is 0.243 e. The molecular formula is C18H21FN2O3S. The zero-order valence-corrected chi connectivity index (χ0v) is 15.0. The summed E-state index contributed by atoms with van der Waals surface area (Å²) < 4.78 is 38.9. The van der Waals surface area contributed by atoms with Gasteiger partial charge in [0.25, 0.3) is 0 Å². The molecule has 0 saturated heterocycles. The summed E-state index contributed by atoms with van der Waals surface area (Å²) in [5.41, 5.74) is 0.974. The lowest BCUT2D eigenvalue weighted by molar-refractivity contribution is -0.131. The Morgan fingerprint density at radius 1 is 1.04 bits per heavy atom. The molecular weight excluding hydrogens is 343 g/mol. The number of rotatable bonds is 7. The third-order valence-corrected chi connectivity index (χ3v) is 5.65. The molecule has 2 aromatic rings. The van der Waals surface area contributed by atoms with E-state index in [1.165, 1.54) is 19.2 Å². The van der Waals surface area contributed by atoms with Gasteiger partial charge in [-0.05, 0) is 36.8 Å². The maximum atomic E-state index is 13.0. The first-order valence-electron chi connectivity index (χ1n) is 7.88. The number of hydrogen-bond donors (Lipinski definition) is 0. The van der Waals surface area contributed by atoms with Crippen molar-refractivity contribution >= 4 is 15.9 Å². The number of benzene rings is 2. The molecule has 0 aliphatic carbocycles. The Hall–Kier alpha value is -2.25. The van der Waals surface area contributed by atoms with E-state index in [1.807, 2.05) is 37.3 Å². The van der Waals surface area contributed by atoms with Crippen LogP contribution in [0.5, 0.6) is 0 Å². The molecule has 1 amide bonds. The van der Waals surface area contributed by atoms with Crippen molar-refractivity contribution in [1.82, 2.24) is 9.21 Å². The molecule has 134 valence electrons. The monoisotopic (exact) mass is 364 g/mol. The second-order valence-corrected chi connectivity index (χ2v) is 7.65. The summed E-state index contributed by atoms with van der Waals surface area (Å²) in [4.78, 5) is 14.0. The Balaban J connectivity index is 2.08. The van der Waals surface area contributed by atoms with Gasteiger partial charge in [-0.1, -0.05) is 30.3 Å². The second kappa shape index (κ2) is 8.22. The normalized spacial score (nSPS) is 11.5. The molecule has 0 unspecified atom stereocenters. The van der Waals surface area contributed by atoms with Crippen LogP contribution in [0.25, 0.3) is 0 Å². The third kappa shape index (κ3) is 4.87. The van der Waals surface area contributed by atoms with Gasteiger partial charge in [-0.15, -0.1) is 0 Å². The van der Waals surface area contributed by atoms with Crippen LogP contribution in [-0.2, 0) is 21.4 Å². The van der Waals surface area contributed by atoms with Gasteiger partial charge in [0, 0.05) is 20.1 Å². The van der Waals surface area contributed by atoms with Crippen LogP contribution < -0.4 is 0 Å². The predicted molar refractivity (Wildman–Crippen MR) is 93.7 cm³/mol. The average Bonchev–Trinajstić information content (AvgIpc) is 2.60. The molecule has 0 atom stereocenters. The van der Waals surface area contributed by atoms with Crippen molar-refractivity contribution in [2.24, 2.45) is 0 Å². The molecule has 0 fully saturated rings. The van der Waals surface area contributed by atoms with Gasteiger partial charge in [0.05, 0.1) is 11.4 Å². The van der Waals surface area contributed by atoms with Crippen LogP contribution in [-0.4, -0.2) is 43.7 Å². The second-order valence-electron chi connectivity index (χ2n) is 5.61. The van der Waals surface area contributed by atoms with E-state index in [0.29, 0.717) is 13.1 Å². The van der Waals surface area contributed by atoms with Gasteiger partial charge in [-0.3, -0.25) is 4.79 Å². The lowest BCUT2D eigenvalue weighted by Gasteiger charge is -2.24. The quantitative estimate of drug-likeness (QED) is 0.758. The molecule has 5 nitrogen and oxygen atoms in total. The summed E-state index contributed by atoms with van der Waals surface area (Å²) in [6.07, 6.45) is 0. The summed E-state index contributed by atoms with van der Waals surface area (Å²) in [6, 6.07) is 14.0. The molecule has 0 aliphatic rings. The number of carbonyl (C=O) groups is 1. The first kappa shape index (κ1) is 19.1. The number of amides is 1. The van der Waals surface area contributed by atoms with Crippen LogP contribution >= 0.6 is 0 Å². The van der Waals surface area contributed by atoms with E-state index >= 15 is 0 Å². The largest absolute Gasteiger partial charge is 0.338 e. The van der Waals surface area contributed by atoms with Gasteiger partial charge in [-0.25, -0.2) is 12.8 Å². The first-order valence-corrected chi connectivity index (χ1v) is 9.32. The topological polar surface area (TPSA) is 57.7 Å². The van der Waals surface area contributed by atoms with Gasteiger partial charge in [-0.2, -0.15) is 4.31 Å². The highest BCUT2D eigenvalue weighted by molar-refractivity contribution is 7.89. The van der Waals surface area contributed by atoms with Gasteiger partial charge in [0.1, 0.15) is 5.82 Å². The zero-order valence-electron chi connectivity index (χ0n) is 14.2. The number of likely N-dealkylation sites (N-methyl/N-ethyl adjacent to an activating group) is 2. The Labute approximate surface area is 147 Å². The van der Waals surface area contributed by atoms with Gasteiger partial charge < -0.3 is 4.90 Å². The van der Waals surface area contributed by atoms with Crippen molar-refractivity contribution in [1.29, 1.82) is 0 Å². The highest BCUT2D eigenvalue weighted by Gasteiger charge is 2.25. The Kier molecular flexibility index (Phi) is 6.27. The number of hydrogen-bond acceptors (Lipinski definition) is 3. The predicted octanol–water partition coefficient (Wildman–Crippen LogP) is 2.49. The van der Waals surface area contributed by atoms with Crippen molar-refractivity contribution in [2.45, 2.75) is 18.4 Å². The molecule has 2 aromatic carbocycles. The van der Waals surface area contributed by atoms with Crippen LogP contribution in [0.1, 0.15) is 12.5 Å². The van der Waals surface area contributed by atoms with Crippen molar-refractivity contribution < 1.29 is 17.6 Å². The standard InChI is InChI=1S/C18H21FN2O3S/c1-3-21(13-15-7-5-4-6-8-15)18(22)14-20(2)25(23,24)17-11-9-16(19)10-12-17/h4-12H,3,13-14H2,1-2H3. The fourth-order valence-electron chi connectivity index (χ4n) is 2.34. The molecule has 0 aliphatic heterocycles. The van der Waals surface area contributed by atoms with E-state index in [-0.39, 0.29) is 17.3 Å². The molecule has 0 heterocycles. The fourth-order valence-corrected chi connectivity index (χ4v) is 3.46. The number of carbonyl (C=O) groups excluding carboxylic acids is 1. The highest BCUT2D eigenvalue weighted by atomic mass is 32.2. The summed E-state index contributed by atoms with van der Waals surface area (Å²) in [7, 11) is -2.51. The molecule has 0 bridgehead atoms. The minimum absolute atomic E-state index is 0.0460. The van der Waals surface area contributed by atoms with Crippen LogP contribution in [0.2, 0.25) is 0 Å². The van der Waals surface area contributed by atoms with E-state index in [0.717, 1.165) is 22.0 Å². The van der Waals surface area contributed by atoms with E-state index < -0.39 is 15.8 Å². The van der Waals surface area contributed by atoms with Crippen LogP contribution in [0.3, 0.4) is 0 Å². The Bertz CT molecular complexity index is 808. The Morgan fingerprint density at radius 2 is 1.64 bits per heavy atom. The minimum atomic E-state index is -3.85. The molecule has 0 N–H and O–H groups in total. The van der Waals surface area contributed by atoms with E-state index in [4.69, 9.17) is 0 Å². The van der Waals surface area contributed by atoms with Crippen molar-refractivity contribution in [3.8, 4) is 0 Å². The number of halogens is 1. The number of sulfonamides is 1. The SMILES string of the molecule is CCN(Cc1ccccc1)C(=O)CN(C)S(=O)(=O)c1ccc(F)cc1. The first-order chi connectivity index (χ1) is 11.8. The van der Waals surface area contributed by atoms with Crippen molar-refractivity contribution in [3.63, 3.8) is 0 Å². The van der Waals surface area contributed by atoms with E-state index in [1.54, 1.807) is 4.90 Å². The zero-order chi connectivity index (χ0) is 18.4. The van der Waals surface area contributed by atoms with Crippen LogP contribution in [0.15, 0.2) is 59.5 Å². The van der Waals surface area contributed by atoms with Gasteiger partial charge in [0.15, 0.2) is 0 Å². The molecule has 25 heavy (non-hydrogen) atoms. The molecule has 7 heteroatoms. The van der Waals surface area contributed by atoms with E-state index in [9.17, 15) is 17.6 Å². The molecule has 0 aromatic heterocycles. The summed E-state index contributed by atoms with van der Waals surface area (Å²) in [5.74, 6) is -0.808. The minimum Gasteiger partial charge on any atom is -0.338 e. The summed E-state index contributed by atoms with van der Waals surface area (Å²) >= 11 is 0. The fraction of sp³-hybridized carbons (Fsp3) is 0.278. The number of nitrogens with zero attached hydrogens (tertiary/aromatic N) is 2. The highest BCUT2D eigenvalue weighted by Crippen LogP contribution is 2.15. The molecule has 2 rings (SSSR count). The van der Waals surface area contributed by atoms with Gasteiger partial charge in [0.2, 0.25) is 15.9 Å². The summed E-state index contributed by atoms with van der Waals surface area (Å²) in [5, 5.41) is 0. The third-order valence-electron chi connectivity index (χ3n) is 3.83. The molecule has 0 radical (unpaired) electrons. The molecule has 0 spiro atoms.